The highest BCUT2D eigenvalue weighted by Crippen LogP contribution is 2.25. The first kappa shape index (κ1) is 24.7. The Balaban J connectivity index is 1.96. The lowest BCUT2D eigenvalue weighted by atomic mass is 9.89. The molecule has 1 aromatic carbocycles. The van der Waals surface area contributed by atoms with Crippen molar-refractivity contribution < 1.29 is 23.9 Å². The van der Waals surface area contributed by atoms with E-state index >= 15 is 0 Å². The molecule has 1 saturated carbocycles. The number of carbonyl (C=O) groups excluding carboxylic acids is 3. The molecule has 1 unspecified atom stereocenters. The Hall–Kier alpha value is -2.57. The van der Waals surface area contributed by atoms with Crippen molar-refractivity contribution in [1.29, 1.82) is 0 Å². The summed E-state index contributed by atoms with van der Waals surface area (Å²) in [5.74, 6) is -0.819. The summed E-state index contributed by atoms with van der Waals surface area (Å²) in [6.45, 7) is 8.04. The molecule has 7 heteroatoms. The molecule has 1 aromatic rings. The Labute approximate surface area is 185 Å². The van der Waals surface area contributed by atoms with Gasteiger partial charge in [-0.25, -0.2) is 4.79 Å². The summed E-state index contributed by atoms with van der Waals surface area (Å²) in [6, 6.07) is 7.37. The van der Waals surface area contributed by atoms with Crippen molar-refractivity contribution in [3.63, 3.8) is 0 Å². The van der Waals surface area contributed by atoms with Crippen LogP contribution in [-0.4, -0.2) is 36.7 Å². The van der Waals surface area contributed by atoms with Crippen LogP contribution in [0.2, 0.25) is 0 Å². The van der Waals surface area contributed by atoms with Crippen LogP contribution in [0.3, 0.4) is 0 Å². The third kappa shape index (κ3) is 8.59. The van der Waals surface area contributed by atoms with E-state index in [1.54, 1.807) is 20.8 Å². The van der Waals surface area contributed by atoms with E-state index in [9.17, 15) is 14.4 Å². The fourth-order valence-electron chi connectivity index (χ4n) is 3.62. The molecule has 2 N–H and O–H groups in total. The van der Waals surface area contributed by atoms with Crippen molar-refractivity contribution in [1.82, 2.24) is 10.6 Å². The molecular formula is C24H36N2O5. The van der Waals surface area contributed by atoms with Crippen LogP contribution >= 0.6 is 0 Å². The fourth-order valence-corrected chi connectivity index (χ4v) is 3.62. The van der Waals surface area contributed by atoms with Gasteiger partial charge in [0.1, 0.15) is 12.2 Å². The van der Waals surface area contributed by atoms with Gasteiger partial charge in [-0.3, -0.25) is 9.59 Å². The summed E-state index contributed by atoms with van der Waals surface area (Å²) in [6.07, 6.45) is 4.64. The molecule has 31 heavy (non-hydrogen) atoms. The first-order chi connectivity index (χ1) is 14.7. The standard InChI is InChI=1S/C24H36N2O5/c1-5-25-21(27)20(15-26-23(29)31-24(2,3)4)18-13-11-17(12-14-18)16-30-22(28)19-9-7-6-8-10-19/h11-14,19-20H,5-10,15-16H2,1-4H3,(H,25,27)(H,26,29). The zero-order chi connectivity index (χ0) is 22.9. The average molecular weight is 433 g/mol. The molecule has 2 amide bonds. The maximum Gasteiger partial charge on any atom is 0.407 e. The van der Waals surface area contributed by atoms with E-state index in [2.05, 4.69) is 10.6 Å². The molecular weight excluding hydrogens is 396 g/mol. The Morgan fingerprint density at radius 2 is 1.68 bits per heavy atom. The Morgan fingerprint density at radius 3 is 2.26 bits per heavy atom. The van der Waals surface area contributed by atoms with Gasteiger partial charge >= 0.3 is 12.1 Å². The number of alkyl carbamates (subject to hydrolysis) is 1. The lowest BCUT2D eigenvalue weighted by Gasteiger charge is -2.22. The second-order valence-corrected chi connectivity index (χ2v) is 9.01. The van der Waals surface area contributed by atoms with Crippen LogP contribution < -0.4 is 10.6 Å². The van der Waals surface area contributed by atoms with Crippen LogP contribution in [0, 0.1) is 5.92 Å². The van der Waals surface area contributed by atoms with Crippen molar-refractivity contribution >= 4 is 18.0 Å². The normalized spacial score (nSPS) is 15.6. The smallest absolute Gasteiger partial charge is 0.407 e. The van der Waals surface area contributed by atoms with Gasteiger partial charge in [0.15, 0.2) is 0 Å². The lowest BCUT2D eigenvalue weighted by Crippen LogP contribution is -2.39. The van der Waals surface area contributed by atoms with E-state index in [0.717, 1.165) is 36.8 Å². The highest BCUT2D eigenvalue weighted by Gasteiger charge is 2.24. The maximum atomic E-state index is 12.5. The number of nitrogens with one attached hydrogen (secondary N) is 2. The van der Waals surface area contributed by atoms with Crippen LogP contribution in [0.1, 0.15) is 76.8 Å². The summed E-state index contributed by atoms with van der Waals surface area (Å²) in [5.41, 5.74) is 1.02. The molecule has 7 nitrogen and oxygen atoms in total. The van der Waals surface area contributed by atoms with E-state index < -0.39 is 17.6 Å². The molecule has 1 aliphatic carbocycles. The molecule has 172 valence electrons. The van der Waals surface area contributed by atoms with Crippen molar-refractivity contribution in [3.05, 3.63) is 35.4 Å². The third-order valence-electron chi connectivity index (χ3n) is 5.22. The molecule has 0 radical (unpaired) electrons. The summed E-state index contributed by atoms with van der Waals surface area (Å²) in [5, 5.41) is 5.48. The van der Waals surface area contributed by atoms with Gasteiger partial charge in [-0.15, -0.1) is 0 Å². The predicted molar refractivity (Wildman–Crippen MR) is 118 cm³/mol. The van der Waals surface area contributed by atoms with Crippen molar-refractivity contribution in [2.45, 2.75) is 77.9 Å². The molecule has 0 aromatic heterocycles. The van der Waals surface area contributed by atoms with Crippen LogP contribution in [0.4, 0.5) is 4.79 Å². The van der Waals surface area contributed by atoms with E-state index in [4.69, 9.17) is 9.47 Å². The van der Waals surface area contributed by atoms with E-state index in [-0.39, 0.29) is 30.9 Å². The summed E-state index contributed by atoms with van der Waals surface area (Å²) >= 11 is 0. The van der Waals surface area contributed by atoms with Crippen LogP contribution in [0.5, 0.6) is 0 Å². The van der Waals surface area contributed by atoms with Crippen LogP contribution in [0.15, 0.2) is 24.3 Å². The lowest BCUT2D eigenvalue weighted by molar-refractivity contribution is -0.151. The van der Waals surface area contributed by atoms with E-state index in [1.807, 2.05) is 31.2 Å². The molecule has 1 atom stereocenters. The Bertz CT molecular complexity index is 733. The number of rotatable bonds is 8. The van der Waals surface area contributed by atoms with Crippen LogP contribution in [0.25, 0.3) is 0 Å². The highest BCUT2D eigenvalue weighted by molar-refractivity contribution is 5.84. The van der Waals surface area contributed by atoms with E-state index in [1.165, 1.54) is 6.42 Å². The topological polar surface area (TPSA) is 93.7 Å². The minimum Gasteiger partial charge on any atom is -0.461 e. The van der Waals surface area contributed by atoms with Gasteiger partial charge in [-0.1, -0.05) is 43.5 Å². The number of ether oxygens (including phenoxy) is 2. The summed E-state index contributed by atoms with van der Waals surface area (Å²) in [4.78, 5) is 36.8. The minimum atomic E-state index is -0.609. The number of carbonyl (C=O) groups is 3. The van der Waals surface area contributed by atoms with Gasteiger partial charge in [-0.2, -0.15) is 0 Å². The molecule has 1 aliphatic rings. The molecule has 0 heterocycles. The largest absolute Gasteiger partial charge is 0.461 e. The zero-order valence-electron chi connectivity index (χ0n) is 19.2. The Kier molecular flexibility index (Phi) is 9.34. The molecule has 0 bridgehead atoms. The molecule has 0 spiro atoms. The number of likely N-dealkylation sites (N-methyl/N-ethyl adjacent to an activating group) is 1. The van der Waals surface area contributed by atoms with Gasteiger partial charge < -0.3 is 20.1 Å². The number of hydrogen-bond acceptors (Lipinski definition) is 5. The number of hydrogen-bond donors (Lipinski definition) is 2. The van der Waals surface area contributed by atoms with E-state index in [0.29, 0.717) is 6.54 Å². The SMILES string of the molecule is CCNC(=O)C(CNC(=O)OC(C)(C)C)c1ccc(COC(=O)C2CCCCC2)cc1. The highest BCUT2D eigenvalue weighted by atomic mass is 16.6. The number of benzene rings is 1. The second kappa shape index (κ2) is 11.7. The predicted octanol–water partition coefficient (Wildman–Crippen LogP) is 4.05. The van der Waals surface area contributed by atoms with Crippen molar-refractivity contribution in [3.8, 4) is 0 Å². The van der Waals surface area contributed by atoms with Crippen LogP contribution in [-0.2, 0) is 25.7 Å². The molecule has 1 fully saturated rings. The van der Waals surface area contributed by atoms with Crippen molar-refractivity contribution in [2.24, 2.45) is 5.92 Å². The number of amides is 2. The second-order valence-electron chi connectivity index (χ2n) is 9.01. The van der Waals surface area contributed by atoms with Gasteiger partial charge in [0.2, 0.25) is 5.91 Å². The monoisotopic (exact) mass is 432 g/mol. The third-order valence-corrected chi connectivity index (χ3v) is 5.22. The van der Waals surface area contributed by atoms with Gasteiger partial charge in [0.05, 0.1) is 11.8 Å². The quantitative estimate of drug-likeness (QED) is 0.605. The van der Waals surface area contributed by atoms with Crippen molar-refractivity contribution in [2.75, 3.05) is 13.1 Å². The average Bonchev–Trinajstić information content (AvgIpc) is 2.72. The number of esters is 1. The molecule has 0 saturated heterocycles. The summed E-state index contributed by atoms with van der Waals surface area (Å²) in [7, 11) is 0. The molecule has 0 aliphatic heterocycles. The zero-order valence-corrected chi connectivity index (χ0v) is 19.2. The van der Waals surface area contributed by atoms with Gasteiger partial charge in [0, 0.05) is 13.1 Å². The first-order valence-corrected chi connectivity index (χ1v) is 11.2. The first-order valence-electron chi connectivity index (χ1n) is 11.2. The minimum absolute atomic E-state index is 0.0223. The summed E-state index contributed by atoms with van der Waals surface area (Å²) < 4.78 is 10.7. The van der Waals surface area contributed by atoms with Gasteiger partial charge in [-0.05, 0) is 51.7 Å². The van der Waals surface area contributed by atoms with Gasteiger partial charge in [0.25, 0.3) is 0 Å². The maximum absolute atomic E-state index is 12.5. The fraction of sp³-hybridized carbons (Fsp3) is 0.625. The molecule has 2 rings (SSSR count). The Morgan fingerprint density at radius 1 is 1.03 bits per heavy atom.